The topological polar surface area (TPSA) is 119 Å². The van der Waals surface area contributed by atoms with Gasteiger partial charge in [0.05, 0.1) is 43.4 Å². The monoisotopic (exact) mass is 698 g/mol. The lowest BCUT2D eigenvalue weighted by atomic mass is 9.95. The molecular weight excluding hydrogens is 651 g/mol. The fourth-order valence-corrected chi connectivity index (χ4v) is 8.60. The number of ether oxygens (including phenoxy) is 1. The number of carbonyl (C=O) groups is 2. The van der Waals surface area contributed by atoms with Crippen LogP contribution in [0.25, 0.3) is 22.5 Å². The van der Waals surface area contributed by atoms with Crippen LogP contribution in [0, 0.1) is 0 Å². The second-order valence-electron chi connectivity index (χ2n) is 12.5. The first kappa shape index (κ1) is 36.8. The molecule has 4 aromatic rings. The Morgan fingerprint density at radius 1 is 0.960 bits per heavy atom. The van der Waals surface area contributed by atoms with E-state index in [1.807, 2.05) is 90.9 Å². The molecule has 12 heteroatoms. The highest BCUT2D eigenvalue weighted by Gasteiger charge is 2.29. The molecule has 1 atom stereocenters. The molecule has 264 valence electrons. The molecule has 11 nitrogen and oxygen atoms in total. The van der Waals surface area contributed by atoms with Crippen LogP contribution in [0.1, 0.15) is 50.3 Å². The molecule has 2 heterocycles. The van der Waals surface area contributed by atoms with Crippen molar-refractivity contribution in [3.05, 3.63) is 89.5 Å². The summed E-state index contributed by atoms with van der Waals surface area (Å²) < 4.78 is 24.3. The number of carbonyl (C=O) groups excluding carboxylic acids is 2. The Hall–Kier alpha value is -4.44. The number of amides is 1. The largest absolute Gasteiger partial charge is 0.399 e. The minimum absolute atomic E-state index is 0.0450. The number of fused-ring (bicyclic) bond motifs is 5. The molecule has 5 rings (SSSR count). The van der Waals surface area contributed by atoms with E-state index in [4.69, 9.17) is 9.57 Å². The van der Waals surface area contributed by atoms with Crippen LogP contribution in [0.3, 0.4) is 0 Å². The Labute approximate surface area is 294 Å². The highest BCUT2D eigenvalue weighted by Crippen LogP contribution is 2.49. The first-order chi connectivity index (χ1) is 24.1. The summed E-state index contributed by atoms with van der Waals surface area (Å²) in [6.45, 7) is 7.41. The zero-order valence-corrected chi connectivity index (χ0v) is 30.6. The maximum atomic E-state index is 14.4. The van der Waals surface area contributed by atoms with Gasteiger partial charge in [-0.15, -0.1) is 5.10 Å². The van der Waals surface area contributed by atoms with Crippen molar-refractivity contribution in [3.63, 3.8) is 0 Å². The van der Waals surface area contributed by atoms with E-state index in [1.165, 1.54) is 7.11 Å². The minimum atomic E-state index is -2.89. The van der Waals surface area contributed by atoms with Gasteiger partial charge in [0, 0.05) is 49.8 Å². The molecule has 3 aromatic carbocycles. The van der Waals surface area contributed by atoms with E-state index in [9.17, 15) is 14.2 Å². The first-order valence-electron chi connectivity index (χ1n) is 17.1. The Balaban J connectivity index is 1.26. The zero-order chi connectivity index (χ0) is 35.7. The number of para-hydroxylation sites is 1. The summed E-state index contributed by atoms with van der Waals surface area (Å²) >= 11 is 0. The fourth-order valence-electron chi connectivity index (χ4n) is 6.22. The molecule has 1 aliphatic heterocycles. The molecule has 0 aliphatic carbocycles. The molecule has 50 heavy (non-hydrogen) atoms. The second-order valence-corrected chi connectivity index (χ2v) is 15.8. The van der Waals surface area contributed by atoms with E-state index >= 15 is 0 Å². The van der Waals surface area contributed by atoms with Crippen LogP contribution in [0.15, 0.2) is 78.0 Å². The van der Waals surface area contributed by atoms with Gasteiger partial charge in [-0.1, -0.05) is 84.0 Å². The Morgan fingerprint density at radius 3 is 2.40 bits per heavy atom. The SMILES string of the molecule is CCC(=O)CCP(=O)(CCOCCn1nnc2c1-c1ccccc1CN(C(C)=O)c1ccccc1-2)N(C)CCc1ccc(/C(C)=N\OC)cc1. The predicted octanol–water partition coefficient (Wildman–Crippen LogP) is 6.69. The van der Waals surface area contributed by atoms with E-state index in [2.05, 4.69) is 27.6 Å². The highest BCUT2D eigenvalue weighted by molar-refractivity contribution is 7.61. The average molecular weight is 699 g/mol. The van der Waals surface area contributed by atoms with Gasteiger partial charge >= 0.3 is 0 Å². The molecule has 0 spiro atoms. The molecule has 1 amide bonds. The molecule has 0 fully saturated rings. The van der Waals surface area contributed by atoms with Gasteiger partial charge in [0.25, 0.3) is 0 Å². The molecule has 1 unspecified atom stereocenters. The van der Waals surface area contributed by atoms with Crippen LogP contribution in [0.4, 0.5) is 5.69 Å². The Morgan fingerprint density at radius 2 is 1.68 bits per heavy atom. The lowest BCUT2D eigenvalue weighted by Crippen LogP contribution is -2.29. The summed E-state index contributed by atoms with van der Waals surface area (Å²) in [4.78, 5) is 31.6. The number of ketones is 1. The van der Waals surface area contributed by atoms with Crippen molar-refractivity contribution in [2.75, 3.05) is 51.1 Å². The summed E-state index contributed by atoms with van der Waals surface area (Å²) in [6.07, 6.45) is 2.11. The van der Waals surface area contributed by atoms with E-state index in [-0.39, 0.29) is 18.1 Å². The van der Waals surface area contributed by atoms with Crippen molar-refractivity contribution >= 4 is 30.4 Å². The van der Waals surface area contributed by atoms with Crippen LogP contribution >= 0.6 is 7.29 Å². The number of hydrogen-bond acceptors (Lipinski definition) is 8. The third-order valence-corrected chi connectivity index (χ3v) is 12.5. The number of anilines is 1. The quantitative estimate of drug-likeness (QED) is 0.0550. The maximum absolute atomic E-state index is 14.4. The molecule has 0 N–H and O–H groups in total. The standard InChI is InChI=1S/C38H47N6O5P/c1-6-33(46)20-25-50(47,42(4)21-19-30-15-17-31(18-16-30)28(2)40-48-5)26-24-49-23-22-44-38-34-12-8-7-11-32(34)27-43(29(3)45)36-14-10-9-13-35(36)37(38)39-41-44/h7-18H,6,19-27H2,1-5H3/b40-28-. The van der Waals surface area contributed by atoms with Crippen LogP contribution in [-0.4, -0.2) is 83.3 Å². The third-order valence-electron chi connectivity index (χ3n) is 9.28. The lowest BCUT2D eigenvalue weighted by Gasteiger charge is -2.28. The summed E-state index contributed by atoms with van der Waals surface area (Å²) in [7, 11) is 0.526. The van der Waals surface area contributed by atoms with Crippen LogP contribution in [0.2, 0.25) is 0 Å². The predicted molar refractivity (Wildman–Crippen MR) is 198 cm³/mol. The van der Waals surface area contributed by atoms with E-state index in [0.717, 1.165) is 51.3 Å². The Kier molecular flexibility index (Phi) is 12.5. The molecule has 0 radical (unpaired) electrons. The number of likely N-dealkylation sites (N-methyl/N-ethyl adjacent to an activating group) is 1. The van der Waals surface area contributed by atoms with Gasteiger partial charge < -0.3 is 19.0 Å². The smallest absolute Gasteiger partial charge is 0.224 e. The van der Waals surface area contributed by atoms with Crippen LogP contribution < -0.4 is 4.90 Å². The number of nitrogens with zero attached hydrogens (tertiary/aromatic N) is 6. The van der Waals surface area contributed by atoms with Crippen molar-refractivity contribution < 1.29 is 23.7 Å². The number of benzene rings is 3. The van der Waals surface area contributed by atoms with Crippen molar-refractivity contribution in [2.24, 2.45) is 5.16 Å². The van der Waals surface area contributed by atoms with Gasteiger partial charge in [-0.3, -0.25) is 14.3 Å². The number of oxime groups is 1. The normalized spacial score (nSPS) is 13.9. The van der Waals surface area contributed by atoms with Gasteiger partial charge in [0.2, 0.25) is 5.91 Å². The van der Waals surface area contributed by atoms with Crippen molar-refractivity contribution in [3.8, 4) is 22.5 Å². The van der Waals surface area contributed by atoms with E-state index in [0.29, 0.717) is 57.3 Å². The molecule has 0 saturated heterocycles. The van der Waals surface area contributed by atoms with E-state index < -0.39 is 7.29 Å². The minimum Gasteiger partial charge on any atom is -0.399 e. The summed E-state index contributed by atoms with van der Waals surface area (Å²) in [6, 6.07) is 23.9. The van der Waals surface area contributed by atoms with Gasteiger partial charge in [0.1, 0.15) is 18.6 Å². The molecule has 1 aliphatic rings. The molecule has 0 saturated carbocycles. The van der Waals surface area contributed by atoms with Gasteiger partial charge in [0.15, 0.2) is 7.29 Å². The number of hydrogen-bond donors (Lipinski definition) is 0. The lowest BCUT2D eigenvalue weighted by molar-refractivity contribution is -0.118. The molecular formula is C38H47N6O5P. The van der Waals surface area contributed by atoms with Crippen LogP contribution in [0.5, 0.6) is 0 Å². The number of Topliss-reactive ketones (excluding diaryl/α,β-unsaturated/α-hetero) is 1. The highest BCUT2D eigenvalue weighted by atomic mass is 31.2. The van der Waals surface area contributed by atoms with Crippen LogP contribution in [-0.2, 0) is 43.2 Å². The molecule has 1 aromatic heterocycles. The van der Waals surface area contributed by atoms with Gasteiger partial charge in [-0.2, -0.15) is 0 Å². The summed E-state index contributed by atoms with van der Waals surface area (Å²) in [5.74, 6) is 0.0653. The third kappa shape index (κ3) is 8.64. The fraction of sp³-hybridized carbons (Fsp3) is 0.395. The number of rotatable bonds is 16. The van der Waals surface area contributed by atoms with Crippen molar-refractivity contribution in [1.29, 1.82) is 0 Å². The maximum Gasteiger partial charge on any atom is 0.224 e. The Bertz CT molecular complexity index is 1870. The van der Waals surface area contributed by atoms with Gasteiger partial charge in [-0.05, 0) is 43.1 Å². The average Bonchev–Trinajstić information content (AvgIpc) is 3.54. The second kappa shape index (κ2) is 17.0. The van der Waals surface area contributed by atoms with Crippen molar-refractivity contribution in [2.45, 2.75) is 53.1 Å². The van der Waals surface area contributed by atoms with E-state index in [1.54, 1.807) is 11.8 Å². The summed E-state index contributed by atoms with van der Waals surface area (Å²) in [5, 5.41) is 13.1. The molecule has 0 bridgehead atoms. The zero-order valence-electron chi connectivity index (χ0n) is 29.7. The number of aromatic nitrogens is 3. The summed E-state index contributed by atoms with van der Waals surface area (Å²) in [5.41, 5.74) is 8.09. The first-order valence-corrected chi connectivity index (χ1v) is 19.1. The van der Waals surface area contributed by atoms with Crippen molar-refractivity contribution in [1.82, 2.24) is 19.7 Å². The van der Waals surface area contributed by atoms with Gasteiger partial charge in [-0.25, -0.2) is 4.68 Å².